The number of hydrogen-bond acceptors (Lipinski definition) is 6. The molecule has 1 unspecified atom stereocenters. The molecule has 3 rings (SSSR count). The first-order valence-electron chi connectivity index (χ1n) is 7.32. The smallest absolute Gasteiger partial charge is 0.268 e. The van der Waals surface area contributed by atoms with E-state index in [1.807, 2.05) is 18.2 Å². The number of thioether (sulfide) groups is 1. The Bertz CT molecular complexity index is 838. The topological polar surface area (TPSA) is 93.8 Å². The summed E-state index contributed by atoms with van der Waals surface area (Å²) in [5.74, 6) is -0.578. The minimum Gasteiger partial charge on any atom is -0.382 e. The van der Waals surface area contributed by atoms with E-state index in [0.717, 1.165) is 9.77 Å². The third-order valence-corrected chi connectivity index (χ3v) is 5.71. The molecule has 0 bridgehead atoms. The number of nitrogens with two attached hydrogens (primary N) is 1. The van der Waals surface area contributed by atoms with Crippen molar-refractivity contribution < 1.29 is 14.4 Å². The molecule has 6 nitrogen and oxygen atoms in total. The molecule has 2 aromatic rings. The summed E-state index contributed by atoms with van der Waals surface area (Å²) < 4.78 is 0.658. The van der Waals surface area contributed by atoms with E-state index in [1.54, 1.807) is 18.2 Å². The number of hydrogen-bond donors (Lipinski definition) is 2. The number of para-hydroxylation sites is 1. The molecule has 2 heterocycles. The molecule has 130 valence electrons. The fourth-order valence-electron chi connectivity index (χ4n) is 2.19. The number of nitrogens with one attached hydrogen (secondary N) is 1. The zero-order valence-electron chi connectivity index (χ0n) is 12.9. The number of amides is 2. The second-order valence-corrected chi connectivity index (χ2v) is 7.91. The fraction of sp³-hybridized carbons (Fsp3) is 0.188. The maximum atomic E-state index is 12.5. The molecule has 3 N–H and O–H groups in total. The molecular formula is C16H14ClN3O3S2. The molecule has 0 aliphatic carbocycles. The lowest BCUT2D eigenvalue weighted by molar-refractivity contribution is -0.125. The lowest BCUT2D eigenvalue weighted by Gasteiger charge is -2.12. The van der Waals surface area contributed by atoms with Crippen LogP contribution in [-0.2, 0) is 14.4 Å². The van der Waals surface area contributed by atoms with Gasteiger partial charge in [0.15, 0.2) is 0 Å². The molecule has 0 spiro atoms. The van der Waals surface area contributed by atoms with Crippen molar-refractivity contribution in [2.24, 2.45) is 10.9 Å². The van der Waals surface area contributed by atoms with Crippen LogP contribution in [0.1, 0.15) is 11.3 Å². The summed E-state index contributed by atoms with van der Waals surface area (Å²) in [5, 5.41) is 6.81. The quantitative estimate of drug-likeness (QED) is 0.735. The van der Waals surface area contributed by atoms with Gasteiger partial charge in [0.1, 0.15) is 5.71 Å². The van der Waals surface area contributed by atoms with Crippen molar-refractivity contribution in [2.75, 3.05) is 11.1 Å². The number of carbonyl (C=O) groups excluding carboxylic acids is 2. The van der Waals surface area contributed by atoms with Crippen LogP contribution in [0.5, 0.6) is 0 Å². The van der Waals surface area contributed by atoms with Gasteiger partial charge in [0.25, 0.3) is 5.91 Å². The number of primary amides is 1. The highest BCUT2D eigenvalue weighted by Gasteiger charge is 2.30. The van der Waals surface area contributed by atoms with Gasteiger partial charge in [-0.15, -0.1) is 23.1 Å². The van der Waals surface area contributed by atoms with Crippen LogP contribution in [0.4, 0.5) is 5.69 Å². The highest BCUT2D eigenvalue weighted by atomic mass is 35.5. The van der Waals surface area contributed by atoms with E-state index in [2.05, 4.69) is 10.5 Å². The number of nitrogens with zero attached hydrogens (tertiary/aromatic N) is 1. The number of benzene rings is 1. The molecule has 1 aliphatic heterocycles. The van der Waals surface area contributed by atoms with Crippen LogP contribution in [0.2, 0.25) is 4.34 Å². The van der Waals surface area contributed by atoms with Gasteiger partial charge < -0.3 is 15.9 Å². The lowest BCUT2D eigenvalue weighted by Crippen LogP contribution is -2.28. The molecule has 25 heavy (non-hydrogen) atoms. The van der Waals surface area contributed by atoms with Crippen LogP contribution in [0.15, 0.2) is 46.4 Å². The van der Waals surface area contributed by atoms with Gasteiger partial charge >= 0.3 is 0 Å². The predicted molar refractivity (Wildman–Crippen MR) is 100 cm³/mol. The van der Waals surface area contributed by atoms with Crippen molar-refractivity contribution in [1.29, 1.82) is 0 Å². The van der Waals surface area contributed by atoms with Gasteiger partial charge in [-0.05, 0) is 24.3 Å². The van der Waals surface area contributed by atoms with Crippen LogP contribution in [0.3, 0.4) is 0 Å². The third-order valence-electron chi connectivity index (χ3n) is 3.33. The second-order valence-electron chi connectivity index (χ2n) is 5.18. The highest BCUT2D eigenvalue weighted by molar-refractivity contribution is 8.00. The molecule has 0 saturated carbocycles. The number of anilines is 1. The number of oxime groups is 1. The van der Waals surface area contributed by atoms with E-state index in [4.69, 9.17) is 22.2 Å². The molecule has 2 amide bonds. The summed E-state index contributed by atoms with van der Waals surface area (Å²) in [6.07, 6.45) is -0.329. The summed E-state index contributed by atoms with van der Waals surface area (Å²) in [4.78, 5) is 30.3. The fourth-order valence-corrected chi connectivity index (χ4v) is 3.97. The molecule has 0 radical (unpaired) electrons. The van der Waals surface area contributed by atoms with Crippen molar-refractivity contribution in [3.05, 3.63) is 45.6 Å². The zero-order chi connectivity index (χ0) is 17.8. The van der Waals surface area contributed by atoms with Crippen LogP contribution >= 0.6 is 34.7 Å². The first-order valence-corrected chi connectivity index (χ1v) is 9.50. The molecule has 0 fully saturated rings. The summed E-state index contributed by atoms with van der Waals surface area (Å²) in [5.41, 5.74) is 6.48. The normalized spacial score (nSPS) is 16.2. The number of halogens is 1. The predicted octanol–water partition coefficient (Wildman–Crippen LogP) is 3.11. The maximum Gasteiger partial charge on any atom is 0.268 e. The summed E-state index contributed by atoms with van der Waals surface area (Å²) >= 11 is 8.58. The van der Waals surface area contributed by atoms with Crippen molar-refractivity contribution >= 4 is 57.9 Å². The number of rotatable bonds is 6. The Morgan fingerprint density at radius 2 is 2.16 bits per heavy atom. The Hall–Kier alpha value is -2.03. The van der Waals surface area contributed by atoms with Crippen molar-refractivity contribution in [1.82, 2.24) is 0 Å². The van der Waals surface area contributed by atoms with Crippen molar-refractivity contribution in [3.8, 4) is 0 Å². The molecule has 1 aliphatic rings. The van der Waals surface area contributed by atoms with Gasteiger partial charge in [-0.1, -0.05) is 28.9 Å². The van der Waals surface area contributed by atoms with Crippen LogP contribution in [0, 0.1) is 0 Å². The van der Waals surface area contributed by atoms with E-state index in [-0.39, 0.29) is 11.7 Å². The van der Waals surface area contributed by atoms with E-state index < -0.39 is 12.0 Å². The van der Waals surface area contributed by atoms with Crippen molar-refractivity contribution in [2.45, 2.75) is 17.4 Å². The number of carbonyl (C=O) groups is 2. The molecular weight excluding hydrogens is 382 g/mol. The Labute approximate surface area is 157 Å². The molecule has 1 aromatic heterocycles. The van der Waals surface area contributed by atoms with Gasteiger partial charge in [0.05, 0.1) is 20.7 Å². The Morgan fingerprint density at radius 1 is 1.36 bits per heavy atom. The highest BCUT2D eigenvalue weighted by Crippen LogP contribution is 2.29. The maximum absolute atomic E-state index is 12.5. The summed E-state index contributed by atoms with van der Waals surface area (Å²) in [6, 6.07) is 10.8. The van der Waals surface area contributed by atoms with Gasteiger partial charge in [-0.2, -0.15) is 0 Å². The Balaban J connectivity index is 1.63. The minimum absolute atomic E-state index is 0.138. The van der Waals surface area contributed by atoms with Gasteiger partial charge in [0.2, 0.25) is 12.0 Å². The Kier molecular flexibility index (Phi) is 5.62. The zero-order valence-corrected chi connectivity index (χ0v) is 15.3. The number of thiophene rings is 1. The van der Waals surface area contributed by atoms with E-state index >= 15 is 0 Å². The van der Waals surface area contributed by atoms with Crippen molar-refractivity contribution in [3.63, 3.8) is 0 Å². The van der Waals surface area contributed by atoms with E-state index in [9.17, 15) is 9.59 Å². The molecule has 0 saturated heterocycles. The van der Waals surface area contributed by atoms with Crippen LogP contribution in [-0.4, -0.2) is 29.4 Å². The van der Waals surface area contributed by atoms with E-state index in [1.165, 1.54) is 23.1 Å². The van der Waals surface area contributed by atoms with Gasteiger partial charge in [-0.3, -0.25) is 9.59 Å². The third kappa shape index (κ3) is 4.53. The average molecular weight is 396 g/mol. The first kappa shape index (κ1) is 17.8. The first-order chi connectivity index (χ1) is 12.0. The van der Waals surface area contributed by atoms with E-state index in [0.29, 0.717) is 22.2 Å². The monoisotopic (exact) mass is 395 g/mol. The average Bonchev–Trinajstić information content (AvgIpc) is 3.22. The van der Waals surface area contributed by atoms with Gasteiger partial charge in [-0.25, -0.2) is 0 Å². The Morgan fingerprint density at radius 3 is 2.88 bits per heavy atom. The van der Waals surface area contributed by atoms with Gasteiger partial charge in [0, 0.05) is 11.3 Å². The summed E-state index contributed by atoms with van der Waals surface area (Å²) in [6.45, 7) is 0. The lowest BCUT2D eigenvalue weighted by atomic mass is 10.1. The van der Waals surface area contributed by atoms with Crippen LogP contribution in [0.25, 0.3) is 0 Å². The molecule has 9 heteroatoms. The second kappa shape index (κ2) is 7.90. The minimum atomic E-state index is -0.704. The molecule has 1 aromatic carbocycles. The molecule has 1 atom stereocenters. The standard InChI is InChI=1S/C16H14ClN3O3S2/c17-14-6-5-13(25-14)10-7-11(23-20-10)16(22)19-9-3-1-2-4-12(9)24-8-15(18)21/h1-6,11H,7-8H2,(H2,18,21)(H,19,22). The summed E-state index contributed by atoms with van der Waals surface area (Å²) in [7, 11) is 0. The largest absolute Gasteiger partial charge is 0.382 e. The SMILES string of the molecule is NC(=O)CSc1ccccc1NC(=O)C1CC(c2ccc(Cl)s2)=NO1. The van der Waals surface area contributed by atoms with Crippen LogP contribution < -0.4 is 11.1 Å².